The molecule has 2 rings (SSSR count). The topological polar surface area (TPSA) is 46.0 Å². The molecule has 0 radical (unpaired) electrons. The molecule has 2 aromatic rings. The van der Waals surface area contributed by atoms with Crippen molar-refractivity contribution in [2.45, 2.75) is 6.92 Å². The minimum atomic E-state index is -0.393. The van der Waals surface area contributed by atoms with Gasteiger partial charge in [-0.1, -0.05) is 0 Å². The van der Waals surface area contributed by atoms with Crippen molar-refractivity contribution in [2.24, 2.45) is 0 Å². The first kappa shape index (κ1) is 7.85. The lowest BCUT2D eigenvalue weighted by atomic mass is 10.2. The van der Waals surface area contributed by atoms with Gasteiger partial charge in [0.2, 0.25) is 0 Å². The maximum atomic E-state index is 10.8. The predicted octanol–water partition coefficient (Wildman–Crippen LogP) is 2.03. The fourth-order valence-corrected chi connectivity index (χ4v) is 1.96. The Kier molecular flexibility index (Phi) is 1.71. The molecule has 0 aliphatic rings. The van der Waals surface area contributed by atoms with Gasteiger partial charge in [0.05, 0.1) is 5.52 Å². The van der Waals surface area contributed by atoms with Crippen molar-refractivity contribution in [3.8, 4) is 0 Å². The number of aromatic amines is 1. The number of rotatable bonds is 0. The van der Waals surface area contributed by atoms with Gasteiger partial charge in [-0.25, -0.2) is 4.79 Å². The minimum absolute atomic E-state index is 0.393. The number of oxazole rings is 1. The number of aromatic nitrogens is 1. The third kappa shape index (κ3) is 1.16. The Hall–Kier alpha value is -0.780. The van der Waals surface area contributed by atoms with E-state index >= 15 is 0 Å². The number of halogens is 1. The molecule has 0 fully saturated rings. The number of H-pyrrole nitrogens is 1. The zero-order valence-corrected chi connectivity index (χ0v) is 8.51. The molecule has 4 heteroatoms. The molecule has 0 saturated heterocycles. The molecule has 0 aliphatic carbocycles. The summed E-state index contributed by atoms with van der Waals surface area (Å²) in [7, 11) is 0. The average molecular weight is 275 g/mol. The smallest absolute Gasteiger partial charge is 0.408 e. The number of benzene rings is 1. The number of fused-ring (bicyclic) bond motifs is 1. The highest BCUT2D eigenvalue weighted by Crippen LogP contribution is 2.18. The molecule has 3 nitrogen and oxygen atoms in total. The molecular weight excluding hydrogens is 269 g/mol. The SMILES string of the molecule is Cc1cc(I)cc2[nH]c(=O)oc12. The van der Waals surface area contributed by atoms with Gasteiger partial charge in [-0.2, -0.15) is 0 Å². The van der Waals surface area contributed by atoms with E-state index in [1.807, 2.05) is 19.1 Å². The summed E-state index contributed by atoms with van der Waals surface area (Å²) in [6.07, 6.45) is 0. The third-order valence-electron chi connectivity index (χ3n) is 1.67. The first-order valence-electron chi connectivity index (χ1n) is 3.46. The summed E-state index contributed by atoms with van der Waals surface area (Å²) >= 11 is 2.20. The standard InChI is InChI=1S/C8H6INO2/c1-4-2-5(9)3-6-7(4)12-8(11)10-6/h2-3H,1H3,(H,10,11). The van der Waals surface area contributed by atoms with Gasteiger partial charge in [-0.3, -0.25) is 4.98 Å². The van der Waals surface area contributed by atoms with Crippen LogP contribution < -0.4 is 5.76 Å². The molecule has 0 unspecified atom stereocenters. The lowest BCUT2D eigenvalue weighted by Crippen LogP contribution is -1.92. The van der Waals surface area contributed by atoms with Crippen LogP contribution in [0.25, 0.3) is 11.1 Å². The zero-order chi connectivity index (χ0) is 8.72. The van der Waals surface area contributed by atoms with Crippen molar-refractivity contribution in [3.63, 3.8) is 0 Å². The second kappa shape index (κ2) is 2.62. The van der Waals surface area contributed by atoms with Crippen LogP contribution in [0.3, 0.4) is 0 Å². The van der Waals surface area contributed by atoms with Crippen molar-refractivity contribution < 1.29 is 4.42 Å². The molecule has 62 valence electrons. The molecule has 1 aromatic carbocycles. The average Bonchev–Trinajstić information content (AvgIpc) is 2.29. The van der Waals surface area contributed by atoms with E-state index in [0.717, 1.165) is 14.7 Å². The van der Waals surface area contributed by atoms with Crippen molar-refractivity contribution >= 4 is 33.7 Å². The van der Waals surface area contributed by atoms with Gasteiger partial charge in [0.1, 0.15) is 0 Å². The van der Waals surface area contributed by atoms with Crippen LogP contribution in [-0.2, 0) is 0 Å². The van der Waals surface area contributed by atoms with E-state index in [1.165, 1.54) is 0 Å². The van der Waals surface area contributed by atoms with Crippen molar-refractivity contribution in [1.82, 2.24) is 4.98 Å². The summed E-state index contributed by atoms with van der Waals surface area (Å²) in [6.45, 7) is 1.92. The number of hydrogen-bond acceptors (Lipinski definition) is 2. The Labute approximate surface area is 81.9 Å². The molecule has 0 bridgehead atoms. The zero-order valence-electron chi connectivity index (χ0n) is 6.35. The lowest BCUT2D eigenvalue weighted by Gasteiger charge is -1.93. The molecule has 1 heterocycles. The van der Waals surface area contributed by atoms with Crippen LogP contribution in [-0.4, -0.2) is 4.98 Å². The Morgan fingerprint density at radius 1 is 1.50 bits per heavy atom. The van der Waals surface area contributed by atoms with Crippen LogP contribution in [0.2, 0.25) is 0 Å². The Morgan fingerprint density at radius 2 is 2.25 bits per heavy atom. The molecule has 0 amide bonds. The van der Waals surface area contributed by atoms with Crippen LogP contribution in [0, 0.1) is 10.5 Å². The van der Waals surface area contributed by atoms with Crippen molar-refractivity contribution in [2.75, 3.05) is 0 Å². The Morgan fingerprint density at radius 3 is 3.00 bits per heavy atom. The van der Waals surface area contributed by atoms with Crippen LogP contribution in [0.15, 0.2) is 21.3 Å². The summed E-state index contributed by atoms with van der Waals surface area (Å²) in [6, 6.07) is 3.85. The van der Waals surface area contributed by atoms with Crippen LogP contribution in [0.4, 0.5) is 0 Å². The Bertz CT molecular complexity index is 483. The van der Waals surface area contributed by atoms with E-state index in [0.29, 0.717) is 5.58 Å². The second-order valence-electron chi connectivity index (χ2n) is 2.61. The van der Waals surface area contributed by atoms with E-state index in [2.05, 4.69) is 27.6 Å². The fourth-order valence-electron chi connectivity index (χ4n) is 1.19. The van der Waals surface area contributed by atoms with E-state index in [9.17, 15) is 4.79 Å². The highest BCUT2D eigenvalue weighted by Gasteiger charge is 2.04. The normalized spacial score (nSPS) is 10.8. The molecule has 0 spiro atoms. The van der Waals surface area contributed by atoms with Gasteiger partial charge in [0, 0.05) is 3.57 Å². The minimum Gasteiger partial charge on any atom is -0.408 e. The summed E-state index contributed by atoms with van der Waals surface area (Å²) < 4.78 is 6.03. The van der Waals surface area contributed by atoms with Crippen LogP contribution in [0.1, 0.15) is 5.56 Å². The largest absolute Gasteiger partial charge is 0.417 e. The molecule has 12 heavy (non-hydrogen) atoms. The van der Waals surface area contributed by atoms with Crippen molar-refractivity contribution in [3.05, 3.63) is 31.8 Å². The van der Waals surface area contributed by atoms with Gasteiger partial charge >= 0.3 is 5.76 Å². The van der Waals surface area contributed by atoms with Crippen molar-refractivity contribution in [1.29, 1.82) is 0 Å². The van der Waals surface area contributed by atoms with Gasteiger partial charge in [0.25, 0.3) is 0 Å². The first-order valence-corrected chi connectivity index (χ1v) is 4.53. The van der Waals surface area contributed by atoms with Gasteiger partial charge in [-0.05, 0) is 47.2 Å². The highest BCUT2D eigenvalue weighted by molar-refractivity contribution is 14.1. The van der Waals surface area contributed by atoms with Gasteiger partial charge in [-0.15, -0.1) is 0 Å². The molecule has 0 aliphatic heterocycles. The quantitative estimate of drug-likeness (QED) is 0.748. The maximum absolute atomic E-state index is 10.8. The summed E-state index contributed by atoms with van der Waals surface area (Å²) in [5.74, 6) is -0.393. The van der Waals surface area contributed by atoms with Gasteiger partial charge < -0.3 is 4.42 Å². The first-order chi connectivity index (χ1) is 5.66. The number of aryl methyl sites for hydroxylation is 1. The van der Waals surface area contributed by atoms with E-state index in [1.54, 1.807) is 0 Å². The molecule has 1 N–H and O–H groups in total. The summed E-state index contributed by atoms with van der Waals surface area (Å²) in [5, 5.41) is 0. The monoisotopic (exact) mass is 275 g/mol. The molecule has 0 saturated carbocycles. The summed E-state index contributed by atoms with van der Waals surface area (Å²) in [5.41, 5.74) is 2.40. The predicted molar refractivity (Wildman–Crippen MR) is 54.3 cm³/mol. The third-order valence-corrected chi connectivity index (χ3v) is 2.29. The molecule has 0 atom stereocenters. The fraction of sp³-hybridized carbons (Fsp3) is 0.125. The van der Waals surface area contributed by atoms with E-state index < -0.39 is 5.76 Å². The maximum Gasteiger partial charge on any atom is 0.417 e. The van der Waals surface area contributed by atoms with Gasteiger partial charge in [0.15, 0.2) is 5.58 Å². The second-order valence-corrected chi connectivity index (χ2v) is 3.86. The summed E-state index contributed by atoms with van der Waals surface area (Å²) in [4.78, 5) is 13.4. The highest BCUT2D eigenvalue weighted by atomic mass is 127. The van der Waals surface area contributed by atoms with E-state index in [4.69, 9.17) is 4.42 Å². The molecule has 1 aromatic heterocycles. The number of hydrogen-bond donors (Lipinski definition) is 1. The molecular formula is C8H6INO2. The van der Waals surface area contributed by atoms with Crippen LogP contribution in [0.5, 0.6) is 0 Å². The van der Waals surface area contributed by atoms with Crippen LogP contribution >= 0.6 is 22.6 Å². The Balaban J connectivity index is 2.97. The van der Waals surface area contributed by atoms with E-state index in [-0.39, 0.29) is 0 Å². The number of nitrogens with one attached hydrogen (secondary N) is 1. The lowest BCUT2D eigenvalue weighted by molar-refractivity contribution is 0.553.